The third kappa shape index (κ3) is 3.45. The topological polar surface area (TPSA) is 34.1 Å². The number of benzene rings is 3. The quantitative estimate of drug-likeness (QED) is 0.618. The van der Waals surface area contributed by atoms with Gasteiger partial charge in [0.2, 0.25) is 0 Å². The maximum atomic E-state index is 14.1. The molecule has 0 unspecified atom stereocenters. The lowest BCUT2D eigenvalue weighted by atomic mass is 9.96. The number of ketones is 2. The molecular formula is C22H16F2O2. The van der Waals surface area contributed by atoms with Crippen LogP contribution in [0.5, 0.6) is 0 Å². The molecule has 0 aliphatic heterocycles. The van der Waals surface area contributed by atoms with Gasteiger partial charge in [-0.3, -0.25) is 9.59 Å². The van der Waals surface area contributed by atoms with Gasteiger partial charge in [0.05, 0.1) is 11.1 Å². The van der Waals surface area contributed by atoms with E-state index in [-0.39, 0.29) is 22.3 Å². The molecule has 0 bridgehead atoms. The third-order valence-corrected chi connectivity index (χ3v) is 4.13. The van der Waals surface area contributed by atoms with Crippen molar-refractivity contribution in [3.63, 3.8) is 0 Å². The van der Waals surface area contributed by atoms with Gasteiger partial charge in [-0.25, -0.2) is 8.78 Å². The van der Waals surface area contributed by atoms with E-state index in [0.29, 0.717) is 11.1 Å². The number of hydrogen-bond donors (Lipinski definition) is 0. The molecule has 2 nitrogen and oxygen atoms in total. The van der Waals surface area contributed by atoms with Crippen LogP contribution in [0.2, 0.25) is 0 Å². The van der Waals surface area contributed by atoms with Gasteiger partial charge in [0.15, 0.2) is 11.6 Å². The van der Waals surface area contributed by atoms with Crippen LogP contribution in [0.15, 0.2) is 60.7 Å². The van der Waals surface area contributed by atoms with Crippen LogP contribution in [0.25, 0.3) is 0 Å². The number of aryl methyl sites for hydroxylation is 2. The van der Waals surface area contributed by atoms with Crippen LogP contribution in [0.4, 0.5) is 8.78 Å². The van der Waals surface area contributed by atoms with E-state index < -0.39 is 23.2 Å². The summed E-state index contributed by atoms with van der Waals surface area (Å²) in [4.78, 5) is 25.2. The lowest BCUT2D eigenvalue weighted by molar-refractivity contribution is 0.103. The second-order valence-electron chi connectivity index (χ2n) is 6.21. The molecule has 3 aromatic carbocycles. The number of rotatable bonds is 4. The minimum absolute atomic E-state index is 0.0679. The standard InChI is InChI=1S/C22H16F2O2/c1-13-6-8-17(19(23)10-13)21(25)15-4-3-5-16(12-15)22(26)18-9-7-14(2)11-20(18)24/h3-12H,1-2H3. The molecule has 0 atom stereocenters. The van der Waals surface area contributed by atoms with Crippen molar-refractivity contribution in [3.05, 3.63) is 106 Å². The molecule has 26 heavy (non-hydrogen) atoms. The Morgan fingerprint density at radius 2 is 1.08 bits per heavy atom. The maximum Gasteiger partial charge on any atom is 0.195 e. The Bertz CT molecular complexity index is 944. The highest BCUT2D eigenvalue weighted by molar-refractivity contribution is 6.13. The van der Waals surface area contributed by atoms with Crippen molar-refractivity contribution in [2.45, 2.75) is 13.8 Å². The first-order valence-electron chi connectivity index (χ1n) is 8.08. The molecule has 0 N–H and O–H groups in total. The second-order valence-corrected chi connectivity index (χ2v) is 6.21. The van der Waals surface area contributed by atoms with Gasteiger partial charge in [0, 0.05) is 11.1 Å². The summed E-state index contributed by atoms with van der Waals surface area (Å²) in [5, 5.41) is 0. The van der Waals surface area contributed by atoms with Gasteiger partial charge in [0.25, 0.3) is 0 Å². The molecule has 0 aliphatic carbocycles. The first-order valence-corrected chi connectivity index (χ1v) is 8.08. The van der Waals surface area contributed by atoms with Gasteiger partial charge in [-0.1, -0.05) is 30.3 Å². The third-order valence-electron chi connectivity index (χ3n) is 4.13. The zero-order chi connectivity index (χ0) is 18.8. The van der Waals surface area contributed by atoms with Crippen LogP contribution in [-0.2, 0) is 0 Å². The van der Waals surface area contributed by atoms with Gasteiger partial charge >= 0.3 is 0 Å². The molecule has 0 radical (unpaired) electrons. The highest BCUT2D eigenvalue weighted by Crippen LogP contribution is 2.19. The summed E-state index contributed by atoms with van der Waals surface area (Å²) in [5.74, 6) is -2.28. The molecule has 0 spiro atoms. The van der Waals surface area contributed by atoms with Crippen molar-refractivity contribution in [2.24, 2.45) is 0 Å². The van der Waals surface area contributed by atoms with Crippen LogP contribution in [0, 0.1) is 25.5 Å². The minimum atomic E-state index is -0.615. The summed E-state index contributed by atoms with van der Waals surface area (Å²) in [7, 11) is 0. The normalized spacial score (nSPS) is 10.6. The van der Waals surface area contributed by atoms with E-state index in [0.717, 1.165) is 0 Å². The molecule has 0 saturated carbocycles. The summed E-state index contributed by atoms with van der Waals surface area (Å²) in [5.41, 5.74) is 1.62. The van der Waals surface area contributed by atoms with Gasteiger partial charge in [0.1, 0.15) is 11.6 Å². The summed E-state index contributed by atoms with van der Waals surface area (Å²) in [6.45, 7) is 3.46. The van der Waals surface area contributed by atoms with Gasteiger partial charge in [-0.2, -0.15) is 0 Å². The fraction of sp³-hybridized carbons (Fsp3) is 0.0909. The Hall–Kier alpha value is -3.14. The molecule has 3 aromatic rings. The Balaban J connectivity index is 1.97. The lowest BCUT2D eigenvalue weighted by Gasteiger charge is -2.07. The predicted octanol–water partition coefficient (Wildman–Crippen LogP) is 5.04. The molecule has 0 heterocycles. The van der Waals surface area contributed by atoms with Gasteiger partial charge in [-0.05, 0) is 55.3 Å². The van der Waals surface area contributed by atoms with Crippen molar-refractivity contribution in [1.29, 1.82) is 0 Å². The summed E-state index contributed by atoms with van der Waals surface area (Å²) >= 11 is 0. The largest absolute Gasteiger partial charge is 0.288 e. The Morgan fingerprint density at radius 3 is 1.46 bits per heavy atom. The van der Waals surface area contributed by atoms with Crippen molar-refractivity contribution >= 4 is 11.6 Å². The zero-order valence-corrected chi connectivity index (χ0v) is 14.3. The van der Waals surface area contributed by atoms with Crippen molar-refractivity contribution in [2.75, 3.05) is 0 Å². The Labute approximate surface area is 150 Å². The van der Waals surface area contributed by atoms with E-state index in [4.69, 9.17) is 0 Å². The lowest BCUT2D eigenvalue weighted by Crippen LogP contribution is -2.08. The van der Waals surface area contributed by atoms with E-state index in [9.17, 15) is 18.4 Å². The van der Waals surface area contributed by atoms with Crippen LogP contribution in [0.1, 0.15) is 43.0 Å². The Kier molecular flexibility index (Phi) is 4.76. The van der Waals surface area contributed by atoms with Crippen LogP contribution >= 0.6 is 0 Å². The van der Waals surface area contributed by atoms with E-state index in [2.05, 4.69) is 0 Å². The van der Waals surface area contributed by atoms with Crippen LogP contribution in [-0.4, -0.2) is 11.6 Å². The number of hydrogen-bond acceptors (Lipinski definition) is 2. The summed E-state index contributed by atoms with van der Waals surface area (Å²) in [6.07, 6.45) is 0. The summed E-state index contributed by atoms with van der Waals surface area (Å²) in [6, 6.07) is 14.6. The summed E-state index contributed by atoms with van der Waals surface area (Å²) < 4.78 is 28.1. The van der Waals surface area contributed by atoms with E-state index in [1.54, 1.807) is 26.0 Å². The van der Waals surface area contributed by atoms with Crippen molar-refractivity contribution < 1.29 is 18.4 Å². The predicted molar refractivity (Wildman–Crippen MR) is 95.6 cm³/mol. The number of carbonyl (C=O) groups excluding carboxylic acids is 2. The zero-order valence-electron chi connectivity index (χ0n) is 14.3. The van der Waals surface area contributed by atoms with Gasteiger partial charge in [-0.15, -0.1) is 0 Å². The van der Waals surface area contributed by atoms with E-state index >= 15 is 0 Å². The molecule has 0 amide bonds. The molecule has 4 heteroatoms. The molecule has 130 valence electrons. The van der Waals surface area contributed by atoms with Gasteiger partial charge < -0.3 is 0 Å². The smallest absolute Gasteiger partial charge is 0.195 e. The average Bonchev–Trinajstić information content (AvgIpc) is 2.61. The maximum absolute atomic E-state index is 14.1. The first kappa shape index (κ1) is 17.7. The van der Waals surface area contributed by atoms with E-state index in [1.165, 1.54) is 48.5 Å². The first-order chi connectivity index (χ1) is 12.4. The van der Waals surface area contributed by atoms with E-state index in [1.807, 2.05) is 0 Å². The number of halogens is 2. The minimum Gasteiger partial charge on any atom is -0.288 e. The number of carbonyl (C=O) groups is 2. The highest BCUT2D eigenvalue weighted by Gasteiger charge is 2.18. The highest BCUT2D eigenvalue weighted by atomic mass is 19.1. The fourth-order valence-electron chi connectivity index (χ4n) is 2.72. The average molecular weight is 350 g/mol. The van der Waals surface area contributed by atoms with Crippen molar-refractivity contribution in [1.82, 2.24) is 0 Å². The van der Waals surface area contributed by atoms with Crippen molar-refractivity contribution in [3.8, 4) is 0 Å². The SMILES string of the molecule is Cc1ccc(C(=O)c2cccc(C(=O)c3ccc(C)cc3F)c2)c(F)c1. The van der Waals surface area contributed by atoms with Crippen LogP contribution in [0.3, 0.4) is 0 Å². The molecular weight excluding hydrogens is 334 g/mol. The fourth-order valence-corrected chi connectivity index (χ4v) is 2.72. The Morgan fingerprint density at radius 1 is 0.654 bits per heavy atom. The molecule has 0 saturated heterocycles. The molecule has 0 aliphatic rings. The molecule has 0 fully saturated rings. The molecule has 0 aromatic heterocycles. The molecule has 3 rings (SSSR count). The van der Waals surface area contributed by atoms with Crippen LogP contribution < -0.4 is 0 Å². The second kappa shape index (κ2) is 7.00. The monoisotopic (exact) mass is 350 g/mol.